The van der Waals surface area contributed by atoms with E-state index in [9.17, 15) is 4.79 Å². The van der Waals surface area contributed by atoms with Crippen LogP contribution in [0.4, 0.5) is 0 Å². The fourth-order valence-corrected chi connectivity index (χ4v) is 1.59. The molecule has 80 valence electrons. The van der Waals surface area contributed by atoms with Crippen molar-refractivity contribution in [2.75, 3.05) is 13.1 Å². The average Bonchev–Trinajstić information content (AvgIpc) is 2.18. The summed E-state index contributed by atoms with van der Waals surface area (Å²) in [5.74, 6) is 5.02. The molecule has 0 atom stereocenters. The molecule has 0 amide bonds. The van der Waals surface area contributed by atoms with Gasteiger partial charge in [-0.25, -0.2) is 10.6 Å². The minimum Gasteiger partial charge on any atom is -0.361 e. The van der Waals surface area contributed by atoms with Crippen LogP contribution < -0.4 is 11.4 Å². The van der Waals surface area contributed by atoms with Crippen LogP contribution in [-0.4, -0.2) is 29.8 Å². The maximum absolute atomic E-state index is 11.2. The molecule has 0 saturated carbocycles. The number of piperidine rings is 1. The molecule has 4 N–H and O–H groups in total. The minimum atomic E-state index is -0.310. The number of carbonyl (C=O) groups excluding carboxylic acids is 1. The van der Waals surface area contributed by atoms with Crippen molar-refractivity contribution < 1.29 is 9.63 Å². The molecule has 0 aliphatic carbocycles. The number of hydrogen-bond acceptors (Lipinski definition) is 5. The van der Waals surface area contributed by atoms with E-state index < -0.39 is 0 Å². The summed E-state index contributed by atoms with van der Waals surface area (Å²) in [5.41, 5.74) is 1.89. The maximum atomic E-state index is 11.2. The van der Waals surface area contributed by atoms with Crippen LogP contribution in [0.1, 0.15) is 19.8 Å². The second-order valence-corrected chi connectivity index (χ2v) is 3.39. The van der Waals surface area contributed by atoms with Crippen LogP contribution in [0.15, 0.2) is 0 Å². The van der Waals surface area contributed by atoms with Crippen molar-refractivity contribution in [3.05, 3.63) is 0 Å². The summed E-state index contributed by atoms with van der Waals surface area (Å²) in [6.07, 6.45) is 1.44. The summed E-state index contributed by atoms with van der Waals surface area (Å²) in [6, 6.07) is 0. The zero-order valence-electron chi connectivity index (χ0n) is 8.25. The van der Waals surface area contributed by atoms with Gasteiger partial charge in [-0.1, -0.05) is 5.59 Å². The van der Waals surface area contributed by atoms with Crippen LogP contribution >= 0.6 is 0 Å². The number of carbonyl (C=O) groups is 1. The number of rotatable bonds is 2. The lowest BCUT2D eigenvalue weighted by molar-refractivity contribution is -0.157. The highest BCUT2D eigenvalue weighted by molar-refractivity contribution is 5.77. The van der Waals surface area contributed by atoms with Crippen molar-refractivity contribution in [1.29, 1.82) is 5.41 Å². The first-order valence-corrected chi connectivity index (χ1v) is 4.61. The van der Waals surface area contributed by atoms with E-state index in [4.69, 9.17) is 11.3 Å². The zero-order valence-corrected chi connectivity index (χ0v) is 8.25. The Morgan fingerprint density at radius 1 is 1.57 bits per heavy atom. The van der Waals surface area contributed by atoms with Crippen molar-refractivity contribution in [3.8, 4) is 0 Å². The van der Waals surface area contributed by atoms with Crippen LogP contribution in [0, 0.1) is 11.3 Å². The Bertz CT molecular complexity index is 223. The molecular formula is C8H16N4O2. The third kappa shape index (κ3) is 2.68. The van der Waals surface area contributed by atoms with Crippen molar-refractivity contribution >= 4 is 11.8 Å². The molecule has 0 aromatic carbocycles. The first-order valence-electron chi connectivity index (χ1n) is 4.61. The zero-order chi connectivity index (χ0) is 10.6. The maximum Gasteiger partial charge on any atom is 0.329 e. The van der Waals surface area contributed by atoms with Gasteiger partial charge in [0.05, 0.1) is 11.8 Å². The molecule has 6 nitrogen and oxygen atoms in total. The number of amidine groups is 1. The van der Waals surface area contributed by atoms with E-state index in [1.165, 1.54) is 0 Å². The third-order valence-corrected chi connectivity index (χ3v) is 2.46. The van der Waals surface area contributed by atoms with Crippen molar-refractivity contribution in [1.82, 2.24) is 10.5 Å². The molecule has 6 heteroatoms. The number of nitrogens with one attached hydrogen (secondary N) is 2. The number of nitrogens with zero attached hydrogens (tertiary/aromatic N) is 1. The predicted octanol–water partition coefficient (Wildman–Crippen LogP) is -0.383. The summed E-state index contributed by atoms with van der Waals surface area (Å²) < 4.78 is 0. The summed E-state index contributed by atoms with van der Waals surface area (Å²) >= 11 is 0. The van der Waals surface area contributed by atoms with Gasteiger partial charge in [-0.3, -0.25) is 5.41 Å². The Morgan fingerprint density at radius 2 is 2.14 bits per heavy atom. The standard InChI is InChI=1S/C8H16N4O2/c1-6(9)12-4-2-7(3-5-12)8(13)14-11-10/h7,9,11H,2-5,10H2,1H3. The lowest BCUT2D eigenvalue weighted by Gasteiger charge is -2.31. The van der Waals surface area contributed by atoms with Crippen molar-refractivity contribution in [3.63, 3.8) is 0 Å². The molecule has 1 saturated heterocycles. The van der Waals surface area contributed by atoms with Gasteiger partial charge in [-0.2, -0.15) is 0 Å². The van der Waals surface area contributed by atoms with Crippen LogP contribution in [0.25, 0.3) is 0 Å². The molecule has 1 aliphatic heterocycles. The largest absolute Gasteiger partial charge is 0.361 e. The van der Waals surface area contributed by atoms with Gasteiger partial charge in [-0.05, 0) is 19.8 Å². The molecule has 0 aromatic heterocycles. The van der Waals surface area contributed by atoms with Gasteiger partial charge in [0.1, 0.15) is 0 Å². The quantitative estimate of drug-likeness (QED) is 0.244. The summed E-state index contributed by atoms with van der Waals surface area (Å²) in [7, 11) is 0. The molecule has 0 bridgehead atoms. The van der Waals surface area contributed by atoms with Crippen LogP contribution in [-0.2, 0) is 9.63 Å². The number of nitrogens with two attached hydrogens (primary N) is 1. The van der Waals surface area contributed by atoms with Gasteiger partial charge in [0.25, 0.3) is 0 Å². The Kier molecular flexibility index (Phi) is 3.84. The monoisotopic (exact) mass is 200 g/mol. The molecule has 0 aromatic rings. The SMILES string of the molecule is CC(=N)N1CCC(C(=O)ONN)CC1. The lowest BCUT2D eigenvalue weighted by Crippen LogP contribution is -2.40. The second kappa shape index (κ2) is 4.92. The van der Waals surface area contributed by atoms with Gasteiger partial charge >= 0.3 is 5.97 Å². The highest BCUT2D eigenvalue weighted by Crippen LogP contribution is 2.18. The summed E-state index contributed by atoms with van der Waals surface area (Å²) in [4.78, 5) is 17.7. The minimum absolute atomic E-state index is 0.0957. The molecule has 0 radical (unpaired) electrons. The Hall–Kier alpha value is -1.14. The fourth-order valence-electron chi connectivity index (χ4n) is 1.59. The van der Waals surface area contributed by atoms with Crippen LogP contribution in [0.3, 0.4) is 0 Å². The number of hydrogen-bond donors (Lipinski definition) is 3. The molecular weight excluding hydrogens is 184 g/mol. The molecule has 1 rings (SSSR count). The van der Waals surface area contributed by atoms with Crippen molar-refractivity contribution in [2.24, 2.45) is 11.8 Å². The highest BCUT2D eigenvalue weighted by Gasteiger charge is 2.26. The van der Waals surface area contributed by atoms with Gasteiger partial charge in [0.15, 0.2) is 0 Å². The molecule has 14 heavy (non-hydrogen) atoms. The van der Waals surface area contributed by atoms with E-state index in [-0.39, 0.29) is 11.9 Å². The van der Waals surface area contributed by atoms with Gasteiger partial charge in [0.2, 0.25) is 0 Å². The summed E-state index contributed by atoms with van der Waals surface area (Å²) in [5, 5.41) is 7.42. The molecule has 0 spiro atoms. The number of hydrazine groups is 1. The second-order valence-electron chi connectivity index (χ2n) is 3.39. The first-order chi connectivity index (χ1) is 6.65. The molecule has 0 unspecified atom stereocenters. The average molecular weight is 200 g/mol. The topological polar surface area (TPSA) is 91.4 Å². The Morgan fingerprint density at radius 3 is 2.57 bits per heavy atom. The van der Waals surface area contributed by atoms with Gasteiger partial charge in [-0.15, -0.1) is 0 Å². The predicted molar refractivity (Wildman–Crippen MR) is 51.1 cm³/mol. The first kappa shape index (κ1) is 10.9. The smallest absolute Gasteiger partial charge is 0.329 e. The highest BCUT2D eigenvalue weighted by atomic mass is 16.7. The Labute approximate surface area is 82.8 Å². The van der Waals surface area contributed by atoms with Gasteiger partial charge in [0, 0.05) is 13.1 Å². The fraction of sp³-hybridized carbons (Fsp3) is 0.750. The van der Waals surface area contributed by atoms with Gasteiger partial charge < -0.3 is 9.74 Å². The van der Waals surface area contributed by atoms with E-state index in [0.29, 0.717) is 5.84 Å². The Balaban J connectivity index is 2.35. The van der Waals surface area contributed by atoms with E-state index in [1.54, 1.807) is 6.92 Å². The molecule has 1 heterocycles. The van der Waals surface area contributed by atoms with E-state index >= 15 is 0 Å². The van der Waals surface area contributed by atoms with E-state index in [1.807, 2.05) is 10.5 Å². The third-order valence-electron chi connectivity index (χ3n) is 2.46. The van der Waals surface area contributed by atoms with Crippen LogP contribution in [0.2, 0.25) is 0 Å². The van der Waals surface area contributed by atoms with Crippen molar-refractivity contribution in [2.45, 2.75) is 19.8 Å². The lowest BCUT2D eigenvalue weighted by atomic mass is 9.97. The number of likely N-dealkylation sites (tertiary alicyclic amines) is 1. The summed E-state index contributed by atoms with van der Waals surface area (Å²) in [6.45, 7) is 3.22. The van der Waals surface area contributed by atoms with E-state index in [0.717, 1.165) is 25.9 Å². The van der Waals surface area contributed by atoms with E-state index in [2.05, 4.69) is 4.84 Å². The molecule has 1 fully saturated rings. The normalized spacial score (nSPS) is 18.0. The van der Waals surface area contributed by atoms with Crippen LogP contribution in [0.5, 0.6) is 0 Å². The molecule has 1 aliphatic rings.